The summed E-state index contributed by atoms with van der Waals surface area (Å²) in [5.41, 5.74) is 0. The summed E-state index contributed by atoms with van der Waals surface area (Å²) in [5, 5.41) is 0. The van der Waals surface area contributed by atoms with Gasteiger partial charge in [0.1, 0.15) is 12.4 Å². The smallest absolute Gasteiger partial charge is 0.242 e. The average Bonchev–Trinajstić information content (AvgIpc) is 3.22. The molecule has 7 heteroatoms. The molecule has 0 aromatic carbocycles. The number of carbonyl (C=O) groups excluding carboxylic acids is 2. The second-order valence-corrected chi connectivity index (χ2v) is 6.23. The van der Waals surface area contributed by atoms with Crippen LogP contribution in [0, 0.1) is 5.92 Å². The second kappa shape index (κ2) is 6.98. The van der Waals surface area contributed by atoms with Crippen molar-refractivity contribution >= 4 is 11.7 Å². The van der Waals surface area contributed by atoms with Gasteiger partial charge in [-0.3, -0.25) is 9.59 Å². The molecule has 3 heterocycles. The summed E-state index contributed by atoms with van der Waals surface area (Å²) < 4.78 is 3.62. The van der Waals surface area contributed by atoms with Crippen LogP contribution in [0.4, 0.5) is 0 Å². The Morgan fingerprint density at radius 2 is 2.04 bits per heavy atom. The predicted molar refractivity (Wildman–Crippen MR) is 88.4 cm³/mol. The van der Waals surface area contributed by atoms with Gasteiger partial charge in [-0.2, -0.15) is 0 Å². The van der Waals surface area contributed by atoms with Crippen LogP contribution >= 0.6 is 0 Å². The van der Waals surface area contributed by atoms with Crippen LogP contribution in [0.2, 0.25) is 0 Å². The number of Topliss-reactive ketones (excluding diaryl/α,β-unsaturated/α-hetero) is 1. The summed E-state index contributed by atoms with van der Waals surface area (Å²) in [7, 11) is 1.82. The molecule has 3 rings (SSSR count). The van der Waals surface area contributed by atoms with Gasteiger partial charge in [0.2, 0.25) is 11.7 Å². The molecule has 1 amide bonds. The number of aromatic nitrogens is 4. The van der Waals surface area contributed by atoms with Gasteiger partial charge >= 0.3 is 0 Å². The Kier molecular flexibility index (Phi) is 4.78. The molecular formula is C17H23N5O2. The van der Waals surface area contributed by atoms with Gasteiger partial charge < -0.3 is 14.0 Å². The van der Waals surface area contributed by atoms with E-state index in [1.807, 2.05) is 24.7 Å². The van der Waals surface area contributed by atoms with Gasteiger partial charge in [-0.15, -0.1) is 0 Å². The molecule has 1 fully saturated rings. The van der Waals surface area contributed by atoms with Crippen LogP contribution in [-0.4, -0.2) is 48.8 Å². The SMILES string of the molecule is CCc1nccn1CC(=O)N1CCC[C@@H](C(=O)c2nccn2C)C1. The highest BCUT2D eigenvalue weighted by Crippen LogP contribution is 2.20. The number of hydrogen-bond donors (Lipinski definition) is 0. The Hall–Kier alpha value is -2.44. The minimum absolute atomic E-state index is 0.0249. The highest BCUT2D eigenvalue weighted by molar-refractivity contribution is 5.95. The lowest BCUT2D eigenvalue weighted by Gasteiger charge is -2.32. The molecule has 0 radical (unpaired) electrons. The minimum atomic E-state index is -0.169. The van der Waals surface area contributed by atoms with Gasteiger partial charge in [-0.05, 0) is 12.8 Å². The standard InChI is InChI=1S/C17H23N5O2/c1-3-14-18-7-10-21(14)12-15(23)22-8-4-5-13(11-22)16(24)17-19-6-9-20(17)2/h6-7,9-10,13H,3-5,8,11-12H2,1-2H3/t13-/m1/s1. The molecule has 0 bridgehead atoms. The Morgan fingerprint density at radius 3 is 2.75 bits per heavy atom. The molecule has 0 spiro atoms. The van der Waals surface area contributed by atoms with E-state index in [1.165, 1.54) is 0 Å². The van der Waals surface area contributed by atoms with Gasteiger partial charge in [0, 0.05) is 57.3 Å². The van der Waals surface area contributed by atoms with Gasteiger partial charge in [-0.1, -0.05) is 6.92 Å². The number of aryl methyl sites for hydroxylation is 2. The van der Waals surface area contributed by atoms with Crippen LogP contribution in [0.1, 0.15) is 36.2 Å². The molecule has 1 saturated heterocycles. The van der Waals surface area contributed by atoms with E-state index >= 15 is 0 Å². The topological polar surface area (TPSA) is 73.0 Å². The van der Waals surface area contributed by atoms with E-state index in [0.29, 0.717) is 18.9 Å². The summed E-state index contributed by atoms with van der Waals surface area (Å²) in [6.45, 7) is 3.48. The zero-order chi connectivity index (χ0) is 17.1. The summed E-state index contributed by atoms with van der Waals surface area (Å²) in [6, 6.07) is 0. The zero-order valence-corrected chi connectivity index (χ0v) is 14.2. The Labute approximate surface area is 141 Å². The van der Waals surface area contributed by atoms with E-state index in [2.05, 4.69) is 9.97 Å². The van der Waals surface area contributed by atoms with Crippen molar-refractivity contribution in [3.63, 3.8) is 0 Å². The fraction of sp³-hybridized carbons (Fsp3) is 0.529. The molecule has 2 aromatic heterocycles. The molecule has 2 aromatic rings. The number of carbonyl (C=O) groups is 2. The molecule has 24 heavy (non-hydrogen) atoms. The van der Waals surface area contributed by atoms with Crippen LogP contribution in [-0.2, 0) is 24.8 Å². The van der Waals surface area contributed by atoms with Crippen molar-refractivity contribution < 1.29 is 9.59 Å². The van der Waals surface area contributed by atoms with Crippen molar-refractivity contribution in [2.45, 2.75) is 32.7 Å². The van der Waals surface area contributed by atoms with Crippen LogP contribution in [0.3, 0.4) is 0 Å². The maximum Gasteiger partial charge on any atom is 0.242 e. The van der Waals surface area contributed by atoms with E-state index in [1.54, 1.807) is 28.1 Å². The predicted octanol–water partition coefficient (Wildman–Crippen LogP) is 1.30. The first-order valence-electron chi connectivity index (χ1n) is 8.39. The van der Waals surface area contributed by atoms with E-state index < -0.39 is 0 Å². The largest absolute Gasteiger partial charge is 0.340 e. The Morgan fingerprint density at radius 1 is 1.25 bits per heavy atom. The number of imidazole rings is 2. The molecular weight excluding hydrogens is 306 g/mol. The third kappa shape index (κ3) is 3.25. The summed E-state index contributed by atoms with van der Waals surface area (Å²) >= 11 is 0. The molecule has 0 aliphatic carbocycles. The van der Waals surface area contributed by atoms with Crippen molar-refractivity contribution in [2.75, 3.05) is 13.1 Å². The number of likely N-dealkylation sites (tertiary alicyclic amines) is 1. The summed E-state index contributed by atoms with van der Waals surface area (Å²) in [5.74, 6) is 1.27. The molecule has 0 N–H and O–H groups in total. The van der Waals surface area contributed by atoms with E-state index in [4.69, 9.17) is 0 Å². The number of hydrogen-bond acceptors (Lipinski definition) is 4. The highest BCUT2D eigenvalue weighted by Gasteiger charge is 2.30. The van der Waals surface area contributed by atoms with E-state index in [0.717, 1.165) is 25.1 Å². The number of rotatable bonds is 5. The van der Waals surface area contributed by atoms with Crippen LogP contribution in [0.25, 0.3) is 0 Å². The lowest BCUT2D eigenvalue weighted by atomic mass is 9.93. The molecule has 0 unspecified atom stereocenters. The van der Waals surface area contributed by atoms with Crippen LogP contribution in [0.15, 0.2) is 24.8 Å². The number of ketones is 1. The molecule has 1 atom stereocenters. The van der Waals surface area contributed by atoms with Crippen molar-refractivity contribution in [1.82, 2.24) is 24.0 Å². The second-order valence-electron chi connectivity index (χ2n) is 6.23. The Balaban J connectivity index is 1.66. The van der Waals surface area contributed by atoms with Crippen molar-refractivity contribution in [3.05, 3.63) is 36.4 Å². The fourth-order valence-corrected chi connectivity index (χ4v) is 3.25. The third-order valence-electron chi connectivity index (χ3n) is 4.61. The number of nitrogens with zero attached hydrogens (tertiary/aromatic N) is 5. The summed E-state index contributed by atoms with van der Waals surface area (Å²) in [4.78, 5) is 35.4. The van der Waals surface area contributed by atoms with Crippen molar-refractivity contribution in [3.8, 4) is 0 Å². The molecule has 1 aliphatic rings. The maximum absolute atomic E-state index is 12.6. The lowest BCUT2D eigenvalue weighted by Crippen LogP contribution is -2.44. The first-order valence-corrected chi connectivity index (χ1v) is 8.39. The maximum atomic E-state index is 12.6. The first-order chi connectivity index (χ1) is 11.6. The van der Waals surface area contributed by atoms with Gasteiger partial charge in [0.25, 0.3) is 0 Å². The molecule has 1 aliphatic heterocycles. The van der Waals surface area contributed by atoms with Gasteiger partial charge in [-0.25, -0.2) is 9.97 Å². The lowest BCUT2D eigenvalue weighted by molar-refractivity contribution is -0.133. The minimum Gasteiger partial charge on any atom is -0.340 e. The average molecular weight is 329 g/mol. The quantitative estimate of drug-likeness (QED) is 0.775. The van der Waals surface area contributed by atoms with Gasteiger partial charge in [0.05, 0.1) is 0 Å². The van der Waals surface area contributed by atoms with Crippen LogP contribution in [0.5, 0.6) is 0 Å². The summed E-state index contributed by atoms with van der Waals surface area (Å²) in [6.07, 6.45) is 9.39. The van der Waals surface area contributed by atoms with E-state index in [-0.39, 0.29) is 24.2 Å². The monoisotopic (exact) mass is 329 g/mol. The van der Waals surface area contributed by atoms with Gasteiger partial charge in [0.15, 0.2) is 5.82 Å². The van der Waals surface area contributed by atoms with Crippen molar-refractivity contribution in [1.29, 1.82) is 0 Å². The fourth-order valence-electron chi connectivity index (χ4n) is 3.25. The zero-order valence-electron chi connectivity index (χ0n) is 14.2. The first kappa shape index (κ1) is 16.4. The molecule has 7 nitrogen and oxygen atoms in total. The van der Waals surface area contributed by atoms with Crippen LogP contribution < -0.4 is 0 Å². The number of amides is 1. The number of piperidine rings is 1. The Bertz CT molecular complexity index is 733. The molecule has 0 saturated carbocycles. The third-order valence-corrected chi connectivity index (χ3v) is 4.61. The molecule has 128 valence electrons. The van der Waals surface area contributed by atoms with Crippen molar-refractivity contribution in [2.24, 2.45) is 13.0 Å². The highest BCUT2D eigenvalue weighted by atomic mass is 16.2. The normalized spacial score (nSPS) is 17.9. The van der Waals surface area contributed by atoms with E-state index in [9.17, 15) is 9.59 Å².